The Morgan fingerprint density at radius 1 is 0.640 bits per heavy atom. The van der Waals surface area contributed by atoms with E-state index < -0.39 is 0 Å². The maximum atomic E-state index is 6.58. The Kier molecular flexibility index (Phi) is 3.11. The van der Waals surface area contributed by atoms with Crippen LogP contribution in [0.3, 0.4) is 0 Å². The molecule has 4 aromatic carbocycles. The lowest BCUT2D eigenvalue weighted by Gasteiger charge is -2.32. The molecule has 0 fully saturated rings. The fourth-order valence-electron chi connectivity index (χ4n) is 4.23. The summed E-state index contributed by atoms with van der Waals surface area (Å²) in [5, 5.41) is 4.85. The van der Waals surface area contributed by atoms with Crippen molar-refractivity contribution in [2.45, 2.75) is 19.8 Å². The van der Waals surface area contributed by atoms with Gasteiger partial charge in [0.15, 0.2) is 0 Å². The van der Waals surface area contributed by atoms with E-state index in [0.717, 1.165) is 11.5 Å². The van der Waals surface area contributed by atoms with Crippen molar-refractivity contribution in [2.24, 2.45) is 5.92 Å². The van der Waals surface area contributed by atoms with Crippen molar-refractivity contribution < 1.29 is 4.74 Å². The number of fused-ring (bicyclic) bond motifs is 6. The lowest BCUT2D eigenvalue weighted by atomic mass is 9.78. The van der Waals surface area contributed by atoms with Gasteiger partial charge in [0.1, 0.15) is 11.5 Å². The minimum Gasteiger partial charge on any atom is -0.455 e. The third-order valence-corrected chi connectivity index (χ3v) is 5.36. The smallest absolute Gasteiger partial charge is 0.139 e. The molecule has 1 nitrogen and oxygen atoms in total. The van der Waals surface area contributed by atoms with Crippen LogP contribution >= 0.6 is 0 Å². The summed E-state index contributed by atoms with van der Waals surface area (Å²) >= 11 is 0. The molecular weight excluding hydrogens is 304 g/mol. The molecule has 25 heavy (non-hydrogen) atoms. The highest BCUT2D eigenvalue weighted by atomic mass is 16.5. The fraction of sp³-hybridized carbons (Fsp3) is 0.167. The van der Waals surface area contributed by atoms with Gasteiger partial charge in [-0.25, -0.2) is 0 Å². The van der Waals surface area contributed by atoms with Crippen molar-refractivity contribution in [3.63, 3.8) is 0 Å². The first-order chi connectivity index (χ1) is 12.2. The van der Waals surface area contributed by atoms with Crippen LogP contribution in [-0.2, 0) is 0 Å². The van der Waals surface area contributed by atoms with E-state index in [2.05, 4.69) is 86.6 Å². The molecule has 0 radical (unpaired) electrons. The molecule has 0 saturated heterocycles. The van der Waals surface area contributed by atoms with E-state index in [0.29, 0.717) is 11.8 Å². The summed E-state index contributed by atoms with van der Waals surface area (Å²) in [6.45, 7) is 4.60. The molecule has 0 bridgehead atoms. The van der Waals surface area contributed by atoms with Gasteiger partial charge in [-0.15, -0.1) is 0 Å². The van der Waals surface area contributed by atoms with Crippen molar-refractivity contribution in [1.82, 2.24) is 0 Å². The average Bonchev–Trinajstić information content (AvgIpc) is 2.65. The molecule has 0 aliphatic carbocycles. The van der Waals surface area contributed by atoms with Crippen molar-refractivity contribution in [2.75, 3.05) is 0 Å². The first-order valence-corrected chi connectivity index (χ1v) is 8.95. The van der Waals surface area contributed by atoms with E-state index in [-0.39, 0.29) is 0 Å². The minimum absolute atomic E-state index is 0.355. The van der Waals surface area contributed by atoms with Gasteiger partial charge < -0.3 is 4.74 Å². The molecule has 1 heteroatoms. The van der Waals surface area contributed by atoms with E-state index in [1.165, 1.54) is 32.7 Å². The second kappa shape index (κ2) is 5.35. The largest absolute Gasteiger partial charge is 0.455 e. The Labute approximate surface area is 147 Å². The predicted molar refractivity (Wildman–Crippen MR) is 105 cm³/mol. The van der Waals surface area contributed by atoms with Crippen molar-refractivity contribution in [3.05, 3.63) is 83.9 Å². The maximum absolute atomic E-state index is 6.58. The highest BCUT2D eigenvalue weighted by Gasteiger charge is 2.31. The van der Waals surface area contributed by atoms with Gasteiger partial charge in [-0.2, -0.15) is 0 Å². The molecule has 5 rings (SSSR count). The Hall–Kier alpha value is -2.80. The monoisotopic (exact) mass is 324 g/mol. The lowest BCUT2D eigenvalue weighted by molar-refractivity contribution is 0.429. The molecule has 0 aromatic heterocycles. The first-order valence-electron chi connectivity index (χ1n) is 8.95. The quantitative estimate of drug-likeness (QED) is 0.370. The van der Waals surface area contributed by atoms with Gasteiger partial charge in [0.05, 0.1) is 0 Å². The molecule has 122 valence electrons. The third-order valence-electron chi connectivity index (χ3n) is 5.36. The second-order valence-corrected chi connectivity index (χ2v) is 7.23. The summed E-state index contributed by atoms with van der Waals surface area (Å²) in [7, 11) is 0. The second-order valence-electron chi connectivity index (χ2n) is 7.23. The van der Waals surface area contributed by atoms with E-state index in [9.17, 15) is 0 Å². The van der Waals surface area contributed by atoms with Crippen LogP contribution in [0.4, 0.5) is 0 Å². The van der Waals surface area contributed by atoms with Gasteiger partial charge in [-0.3, -0.25) is 0 Å². The van der Waals surface area contributed by atoms with Crippen LogP contribution in [-0.4, -0.2) is 0 Å². The zero-order valence-electron chi connectivity index (χ0n) is 14.5. The van der Waals surface area contributed by atoms with Crippen molar-refractivity contribution in [3.8, 4) is 11.5 Å². The van der Waals surface area contributed by atoms with Crippen LogP contribution in [0.25, 0.3) is 21.5 Å². The molecule has 0 N–H and O–H groups in total. The van der Waals surface area contributed by atoms with Gasteiger partial charge in [-0.05, 0) is 16.7 Å². The number of benzene rings is 4. The molecule has 0 amide bonds. The summed E-state index contributed by atoms with van der Waals surface area (Å²) < 4.78 is 6.58. The Balaban J connectivity index is 1.87. The first kappa shape index (κ1) is 14.5. The lowest BCUT2D eigenvalue weighted by Crippen LogP contribution is -2.15. The minimum atomic E-state index is 0.355. The van der Waals surface area contributed by atoms with E-state index in [4.69, 9.17) is 4.74 Å². The van der Waals surface area contributed by atoms with Gasteiger partial charge in [-0.1, -0.05) is 86.6 Å². The van der Waals surface area contributed by atoms with Gasteiger partial charge in [0, 0.05) is 27.8 Å². The fourth-order valence-corrected chi connectivity index (χ4v) is 4.23. The molecule has 0 spiro atoms. The number of hydrogen-bond acceptors (Lipinski definition) is 1. The summed E-state index contributed by atoms with van der Waals surface area (Å²) in [6, 6.07) is 25.9. The average molecular weight is 324 g/mol. The topological polar surface area (TPSA) is 9.23 Å². The molecule has 1 heterocycles. The summed E-state index contributed by atoms with van der Waals surface area (Å²) in [5.41, 5.74) is 2.60. The van der Waals surface area contributed by atoms with Crippen molar-refractivity contribution in [1.29, 1.82) is 0 Å². The van der Waals surface area contributed by atoms with Gasteiger partial charge in [0.25, 0.3) is 0 Å². The SMILES string of the molecule is CC(C)C1c2ccc3ccccc3c2Oc2c1ccc1ccccc21. The zero-order valence-corrected chi connectivity index (χ0v) is 14.5. The summed E-state index contributed by atoms with van der Waals surface area (Å²) in [5.74, 6) is 2.91. The normalized spacial score (nSPS) is 13.7. The number of rotatable bonds is 1. The molecular formula is C24H20O. The molecule has 1 aliphatic heterocycles. The van der Waals surface area contributed by atoms with E-state index >= 15 is 0 Å². The highest BCUT2D eigenvalue weighted by Crippen LogP contribution is 2.51. The van der Waals surface area contributed by atoms with Crippen LogP contribution in [0.2, 0.25) is 0 Å². The summed E-state index contributed by atoms with van der Waals surface area (Å²) in [6.07, 6.45) is 0. The molecule has 0 atom stereocenters. The summed E-state index contributed by atoms with van der Waals surface area (Å²) in [4.78, 5) is 0. The van der Waals surface area contributed by atoms with Crippen molar-refractivity contribution >= 4 is 21.5 Å². The maximum Gasteiger partial charge on any atom is 0.139 e. The Morgan fingerprint density at radius 2 is 1.12 bits per heavy atom. The third kappa shape index (κ3) is 2.09. The van der Waals surface area contributed by atoms with Crippen LogP contribution in [0, 0.1) is 5.92 Å². The number of ether oxygens (including phenoxy) is 1. The van der Waals surface area contributed by atoms with Gasteiger partial charge >= 0.3 is 0 Å². The van der Waals surface area contributed by atoms with Crippen LogP contribution in [0.1, 0.15) is 30.9 Å². The molecule has 4 aromatic rings. The van der Waals surface area contributed by atoms with Crippen LogP contribution < -0.4 is 4.74 Å². The molecule has 0 unspecified atom stereocenters. The molecule has 1 aliphatic rings. The predicted octanol–water partition coefficient (Wildman–Crippen LogP) is 6.89. The Morgan fingerprint density at radius 3 is 1.60 bits per heavy atom. The zero-order chi connectivity index (χ0) is 17.0. The van der Waals surface area contributed by atoms with Crippen LogP contribution in [0.5, 0.6) is 11.5 Å². The highest BCUT2D eigenvalue weighted by molar-refractivity contribution is 5.95. The van der Waals surface area contributed by atoms with E-state index in [1.807, 2.05) is 0 Å². The van der Waals surface area contributed by atoms with Gasteiger partial charge in [0.2, 0.25) is 0 Å². The number of hydrogen-bond donors (Lipinski definition) is 0. The Bertz CT molecular complexity index is 1020. The molecule has 0 saturated carbocycles. The standard InChI is InChI=1S/C24H20O/c1-15(2)22-20-13-11-16-7-3-5-9-18(16)23(20)25-24-19-10-6-4-8-17(19)12-14-21(22)24/h3-15,22H,1-2H3. The van der Waals surface area contributed by atoms with Crippen LogP contribution in [0.15, 0.2) is 72.8 Å². The van der Waals surface area contributed by atoms with E-state index in [1.54, 1.807) is 0 Å².